The highest BCUT2D eigenvalue weighted by Gasteiger charge is 2.15. The summed E-state index contributed by atoms with van der Waals surface area (Å²) in [7, 11) is 0. The van der Waals surface area contributed by atoms with E-state index in [0.29, 0.717) is 29.4 Å². The van der Waals surface area contributed by atoms with Gasteiger partial charge in [-0.05, 0) is 53.6 Å². The van der Waals surface area contributed by atoms with E-state index in [2.05, 4.69) is 31.3 Å². The van der Waals surface area contributed by atoms with E-state index < -0.39 is 0 Å². The number of benzene rings is 1. The van der Waals surface area contributed by atoms with E-state index in [1.807, 2.05) is 0 Å². The maximum absolute atomic E-state index is 14.2. The van der Waals surface area contributed by atoms with Gasteiger partial charge in [-0.25, -0.2) is 4.39 Å². The van der Waals surface area contributed by atoms with Gasteiger partial charge in [-0.1, -0.05) is 0 Å². The van der Waals surface area contributed by atoms with Gasteiger partial charge in [0.15, 0.2) is 11.5 Å². The van der Waals surface area contributed by atoms with E-state index in [1.54, 1.807) is 24.3 Å². The first-order valence-electron chi connectivity index (χ1n) is 7.75. The molecule has 0 spiro atoms. The number of hydrogen-bond acceptors (Lipinski definition) is 7. The molecule has 1 aromatic carbocycles. The molecule has 124 valence electrons. The zero-order valence-corrected chi connectivity index (χ0v) is 12.8. The lowest BCUT2D eigenvalue weighted by Gasteiger charge is -2.13. The molecule has 2 aromatic heterocycles. The van der Waals surface area contributed by atoms with E-state index >= 15 is 0 Å². The topological polar surface area (TPSA) is 89.3 Å². The fraction of sp³-hybridized carbons (Fsp3) is 0.333. The Morgan fingerprint density at radius 2 is 2.25 bits per heavy atom. The number of hydrogen-bond donors (Lipinski definition) is 2. The zero-order chi connectivity index (χ0) is 16.4. The summed E-state index contributed by atoms with van der Waals surface area (Å²) < 4.78 is 21.1. The highest BCUT2D eigenvalue weighted by atomic mass is 19.1. The normalized spacial score (nSPS) is 17.3. The van der Waals surface area contributed by atoms with Crippen molar-refractivity contribution in [1.29, 1.82) is 0 Å². The second kappa shape index (κ2) is 6.36. The summed E-state index contributed by atoms with van der Waals surface area (Å²) in [6.07, 6.45) is 2.24. The Bertz CT molecular complexity index is 847. The molecule has 0 aliphatic carbocycles. The summed E-state index contributed by atoms with van der Waals surface area (Å²) in [5, 5.41) is 21.3. The lowest BCUT2D eigenvalue weighted by Crippen LogP contribution is -2.18. The fourth-order valence-corrected chi connectivity index (χ4v) is 2.63. The quantitative estimate of drug-likeness (QED) is 0.740. The second-order valence-corrected chi connectivity index (χ2v) is 5.58. The van der Waals surface area contributed by atoms with Gasteiger partial charge in [0, 0.05) is 18.8 Å². The minimum atomic E-state index is -0.332. The number of ether oxygens (including phenoxy) is 1. The summed E-state index contributed by atoms with van der Waals surface area (Å²) in [5.74, 6) is 0.191. The summed E-state index contributed by atoms with van der Waals surface area (Å²) in [6, 6.07) is 8.36. The number of anilines is 3. The third kappa shape index (κ3) is 3.11. The van der Waals surface area contributed by atoms with Crippen LogP contribution in [-0.2, 0) is 4.74 Å². The maximum atomic E-state index is 14.2. The van der Waals surface area contributed by atoms with Gasteiger partial charge < -0.3 is 15.4 Å². The molecule has 1 aliphatic heterocycles. The SMILES string of the molecule is Fc1cc(Nc2ccc3nnnn3n2)ccc1NCC1CCCO1. The predicted molar refractivity (Wildman–Crippen MR) is 85.7 cm³/mol. The Morgan fingerprint density at radius 3 is 3.08 bits per heavy atom. The van der Waals surface area contributed by atoms with Gasteiger partial charge in [0.25, 0.3) is 0 Å². The van der Waals surface area contributed by atoms with Crippen molar-refractivity contribution in [3.05, 3.63) is 36.1 Å². The molecule has 4 rings (SSSR count). The van der Waals surface area contributed by atoms with Gasteiger partial charge in [-0.3, -0.25) is 0 Å². The Kier molecular flexibility index (Phi) is 3.91. The zero-order valence-electron chi connectivity index (χ0n) is 12.8. The molecule has 1 atom stereocenters. The number of fused-ring (bicyclic) bond motifs is 1. The minimum absolute atomic E-state index is 0.161. The van der Waals surface area contributed by atoms with E-state index in [1.165, 1.54) is 10.7 Å². The molecule has 8 nitrogen and oxygen atoms in total. The molecular weight excluding hydrogens is 313 g/mol. The molecule has 0 saturated carbocycles. The second-order valence-electron chi connectivity index (χ2n) is 5.58. The molecule has 2 N–H and O–H groups in total. The van der Waals surface area contributed by atoms with Crippen LogP contribution in [-0.4, -0.2) is 44.5 Å². The van der Waals surface area contributed by atoms with Crippen molar-refractivity contribution >= 4 is 22.8 Å². The van der Waals surface area contributed by atoms with Gasteiger partial charge in [-0.15, -0.1) is 14.8 Å². The standard InChI is InChI=1S/C15H16FN7O/c16-12-8-10(3-4-13(12)17-9-11-2-1-7-24-11)18-14-5-6-15-19-21-22-23(15)20-14/h3-6,8,11,17H,1-2,7,9H2,(H,18,20). The summed E-state index contributed by atoms with van der Waals surface area (Å²) in [5.41, 5.74) is 1.59. The van der Waals surface area contributed by atoms with Crippen molar-refractivity contribution in [2.75, 3.05) is 23.8 Å². The van der Waals surface area contributed by atoms with Gasteiger partial charge in [0.2, 0.25) is 0 Å². The van der Waals surface area contributed by atoms with E-state index in [4.69, 9.17) is 4.74 Å². The van der Waals surface area contributed by atoms with E-state index in [-0.39, 0.29) is 11.9 Å². The number of rotatable bonds is 5. The third-order valence-electron chi connectivity index (χ3n) is 3.86. The Hall–Kier alpha value is -2.81. The van der Waals surface area contributed by atoms with Crippen LogP contribution in [0, 0.1) is 5.82 Å². The number of nitrogens with one attached hydrogen (secondary N) is 2. The van der Waals surface area contributed by atoms with E-state index in [9.17, 15) is 4.39 Å². The Morgan fingerprint density at radius 1 is 1.29 bits per heavy atom. The van der Waals surface area contributed by atoms with Crippen LogP contribution in [0.1, 0.15) is 12.8 Å². The molecule has 0 amide bonds. The van der Waals surface area contributed by atoms with Gasteiger partial charge in [-0.2, -0.15) is 0 Å². The van der Waals surface area contributed by atoms with Crippen LogP contribution in [0.25, 0.3) is 5.65 Å². The number of halogens is 1. The average Bonchev–Trinajstić information content (AvgIpc) is 3.25. The molecule has 1 unspecified atom stereocenters. The fourth-order valence-electron chi connectivity index (χ4n) is 2.63. The first-order valence-corrected chi connectivity index (χ1v) is 7.75. The highest BCUT2D eigenvalue weighted by molar-refractivity contribution is 5.61. The lowest BCUT2D eigenvalue weighted by atomic mass is 10.2. The van der Waals surface area contributed by atoms with Crippen LogP contribution in [0.5, 0.6) is 0 Å². The third-order valence-corrected chi connectivity index (χ3v) is 3.86. The van der Waals surface area contributed by atoms with Crippen molar-refractivity contribution < 1.29 is 9.13 Å². The Balaban J connectivity index is 1.44. The monoisotopic (exact) mass is 329 g/mol. The minimum Gasteiger partial charge on any atom is -0.380 e. The van der Waals surface area contributed by atoms with E-state index in [0.717, 1.165) is 19.4 Å². The molecule has 1 aliphatic rings. The molecule has 1 saturated heterocycles. The number of aromatic nitrogens is 5. The maximum Gasteiger partial charge on any atom is 0.200 e. The van der Waals surface area contributed by atoms with Crippen molar-refractivity contribution in [2.45, 2.75) is 18.9 Å². The molecule has 3 heterocycles. The predicted octanol–water partition coefficient (Wildman–Crippen LogP) is 1.99. The number of nitrogens with zero attached hydrogens (tertiary/aromatic N) is 5. The van der Waals surface area contributed by atoms with Crippen LogP contribution in [0.4, 0.5) is 21.6 Å². The molecule has 1 fully saturated rings. The first kappa shape index (κ1) is 14.8. The summed E-state index contributed by atoms with van der Waals surface area (Å²) in [4.78, 5) is 0. The molecular formula is C15H16FN7O. The molecule has 0 bridgehead atoms. The van der Waals surface area contributed by atoms with Gasteiger partial charge in [0.05, 0.1) is 11.8 Å². The van der Waals surface area contributed by atoms with Crippen LogP contribution in [0.3, 0.4) is 0 Å². The molecule has 3 aromatic rings. The smallest absolute Gasteiger partial charge is 0.200 e. The van der Waals surface area contributed by atoms with Crippen molar-refractivity contribution in [3.63, 3.8) is 0 Å². The molecule has 9 heteroatoms. The summed E-state index contributed by atoms with van der Waals surface area (Å²) >= 11 is 0. The molecule has 0 radical (unpaired) electrons. The van der Waals surface area contributed by atoms with Crippen molar-refractivity contribution in [2.24, 2.45) is 0 Å². The highest BCUT2D eigenvalue weighted by Crippen LogP contribution is 2.22. The van der Waals surface area contributed by atoms with Crippen LogP contribution < -0.4 is 10.6 Å². The van der Waals surface area contributed by atoms with Crippen LogP contribution in [0.15, 0.2) is 30.3 Å². The Labute approximate surface area is 137 Å². The summed E-state index contributed by atoms with van der Waals surface area (Å²) in [6.45, 7) is 1.40. The lowest BCUT2D eigenvalue weighted by molar-refractivity contribution is 0.120. The first-order chi connectivity index (χ1) is 11.8. The van der Waals surface area contributed by atoms with Crippen molar-refractivity contribution in [3.8, 4) is 0 Å². The van der Waals surface area contributed by atoms with Gasteiger partial charge in [0.1, 0.15) is 5.82 Å². The number of tetrazole rings is 1. The largest absolute Gasteiger partial charge is 0.380 e. The average molecular weight is 329 g/mol. The van der Waals surface area contributed by atoms with Crippen molar-refractivity contribution in [1.82, 2.24) is 25.3 Å². The van der Waals surface area contributed by atoms with Crippen LogP contribution >= 0.6 is 0 Å². The van der Waals surface area contributed by atoms with Gasteiger partial charge >= 0.3 is 0 Å². The van der Waals surface area contributed by atoms with Crippen LogP contribution in [0.2, 0.25) is 0 Å². The molecule has 24 heavy (non-hydrogen) atoms.